The highest BCUT2D eigenvalue weighted by Gasteiger charge is 2.28. The second-order valence-electron chi connectivity index (χ2n) is 8.21. The van der Waals surface area contributed by atoms with Crippen molar-refractivity contribution in [1.29, 1.82) is 0 Å². The molecule has 0 bridgehead atoms. The van der Waals surface area contributed by atoms with Gasteiger partial charge in [0.25, 0.3) is 11.8 Å². The fraction of sp³-hybridized carbons (Fsp3) is 0.280. The zero-order valence-electron chi connectivity index (χ0n) is 17.5. The van der Waals surface area contributed by atoms with E-state index in [1.54, 1.807) is 23.5 Å². The normalized spacial score (nSPS) is 15.4. The van der Waals surface area contributed by atoms with E-state index in [1.807, 2.05) is 44.2 Å². The minimum Gasteiger partial charge on any atom is -0.322 e. The molecule has 0 radical (unpaired) electrons. The van der Waals surface area contributed by atoms with Crippen LogP contribution in [0.4, 0.5) is 10.7 Å². The molecule has 0 saturated carbocycles. The minimum absolute atomic E-state index is 0.157. The summed E-state index contributed by atoms with van der Waals surface area (Å²) in [6.45, 7) is 6.27. The molecule has 1 heterocycles. The molecule has 1 unspecified atom stereocenters. The SMILES string of the molecule is Cc1cc(C)cc(NC(=O)c2c(NC(=O)c3ccccc3)sc3c2CCC(C)C3)c1. The van der Waals surface area contributed by atoms with Gasteiger partial charge in [-0.25, -0.2) is 0 Å². The maximum absolute atomic E-state index is 13.3. The van der Waals surface area contributed by atoms with Crippen LogP contribution in [0.15, 0.2) is 48.5 Å². The van der Waals surface area contributed by atoms with Gasteiger partial charge in [-0.3, -0.25) is 9.59 Å². The fourth-order valence-electron chi connectivity index (χ4n) is 4.08. The van der Waals surface area contributed by atoms with Gasteiger partial charge in [0.15, 0.2) is 0 Å². The van der Waals surface area contributed by atoms with Gasteiger partial charge in [0.2, 0.25) is 0 Å². The number of thiophene rings is 1. The Hall–Kier alpha value is -2.92. The van der Waals surface area contributed by atoms with Gasteiger partial charge in [0, 0.05) is 16.1 Å². The molecule has 154 valence electrons. The lowest BCUT2D eigenvalue weighted by molar-refractivity contribution is 0.102. The van der Waals surface area contributed by atoms with Gasteiger partial charge in [-0.1, -0.05) is 31.2 Å². The Morgan fingerprint density at radius 2 is 1.67 bits per heavy atom. The summed E-state index contributed by atoms with van der Waals surface area (Å²) in [5.74, 6) is 0.238. The average molecular weight is 419 g/mol. The van der Waals surface area contributed by atoms with Crippen LogP contribution in [0.1, 0.15) is 55.6 Å². The number of carbonyl (C=O) groups excluding carboxylic acids is 2. The molecule has 1 aromatic heterocycles. The molecule has 2 amide bonds. The fourth-order valence-corrected chi connectivity index (χ4v) is 5.49. The number of hydrogen-bond acceptors (Lipinski definition) is 3. The Kier molecular flexibility index (Phi) is 5.73. The number of aryl methyl sites for hydroxylation is 2. The molecule has 1 aliphatic rings. The lowest BCUT2D eigenvalue weighted by Gasteiger charge is -2.19. The Bertz CT molecular complexity index is 1080. The third kappa shape index (κ3) is 4.31. The zero-order chi connectivity index (χ0) is 21.3. The molecular formula is C25H26N2O2S. The van der Waals surface area contributed by atoms with E-state index in [-0.39, 0.29) is 11.8 Å². The molecule has 4 rings (SSSR count). The number of nitrogens with one attached hydrogen (secondary N) is 2. The quantitative estimate of drug-likeness (QED) is 0.546. The second-order valence-corrected chi connectivity index (χ2v) is 9.31. The molecule has 2 N–H and O–H groups in total. The van der Waals surface area contributed by atoms with Gasteiger partial charge < -0.3 is 10.6 Å². The topological polar surface area (TPSA) is 58.2 Å². The Morgan fingerprint density at radius 3 is 2.37 bits per heavy atom. The zero-order valence-corrected chi connectivity index (χ0v) is 18.4. The first kappa shape index (κ1) is 20.4. The minimum atomic E-state index is -0.192. The maximum atomic E-state index is 13.3. The molecule has 0 aliphatic heterocycles. The molecule has 30 heavy (non-hydrogen) atoms. The molecular weight excluding hydrogens is 392 g/mol. The van der Waals surface area contributed by atoms with E-state index >= 15 is 0 Å². The van der Waals surface area contributed by atoms with Crippen LogP contribution in [0.25, 0.3) is 0 Å². The van der Waals surface area contributed by atoms with Gasteiger partial charge in [0.05, 0.1) is 5.56 Å². The first-order valence-electron chi connectivity index (χ1n) is 10.3. The summed E-state index contributed by atoms with van der Waals surface area (Å²) in [6, 6.07) is 15.1. The van der Waals surface area contributed by atoms with Crippen LogP contribution in [0.5, 0.6) is 0 Å². The first-order valence-corrected chi connectivity index (χ1v) is 11.1. The molecule has 0 fully saturated rings. The Labute approximate surface area is 181 Å². The van der Waals surface area contributed by atoms with Gasteiger partial charge in [0.1, 0.15) is 5.00 Å². The van der Waals surface area contributed by atoms with Crippen molar-refractivity contribution in [2.75, 3.05) is 10.6 Å². The van der Waals surface area contributed by atoms with Crippen molar-refractivity contribution in [2.45, 2.75) is 40.0 Å². The second kappa shape index (κ2) is 8.44. The van der Waals surface area contributed by atoms with Crippen LogP contribution in [0.3, 0.4) is 0 Å². The average Bonchev–Trinajstić information content (AvgIpc) is 3.04. The van der Waals surface area contributed by atoms with E-state index in [0.29, 0.717) is 22.0 Å². The molecule has 3 aromatic rings. The largest absolute Gasteiger partial charge is 0.322 e. The van der Waals surface area contributed by atoms with Crippen LogP contribution in [-0.4, -0.2) is 11.8 Å². The van der Waals surface area contributed by atoms with Gasteiger partial charge in [-0.2, -0.15) is 0 Å². The molecule has 1 aliphatic carbocycles. The summed E-state index contributed by atoms with van der Waals surface area (Å²) >= 11 is 1.54. The van der Waals surface area contributed by atoms with Crippen LogP contribution < -0.4 is 10.6 Å². The number of amides is 2. The van der Waals surface area contributed by atoms with E-state index in [2.05, 4.69) is 23.6 Å². The van der Waals surface area contributed by atoms with Crippen LogP contribution in [0.2, 0.25) is 0 Å². The van der Waals surface area contributed by atoms with E-state index in [4.69, 9.17) is 0 Å². The van der Waals surface area contributed by atoms with Crippen molar-refractivity contribution >= 4 is 33.8 Å². The van der Waals surface area contributed by atoms with Crippen molar-refractivity contribution in [3.63, 3.8) is 0 Å². The van der Waals surface area contributed by atoms with Crippen LogP contribution in [-0.2, 0) is 12.8 Å². The van der Waals surface area contributed by atoms with E-state index in [1.165, 1.54) is 4.88 Å². The number of hydrogen-bond donors (Lipinski definition) is 2. The maximum Gasteiger partial charge on any atom is 0.258 e. The summed E-state index contributed by atoms with van der Waals surface area (Å²) in [6.07, 6.45) is 2.87. The number of fused-ring (bicyclic) bond motifs is 1. The van der Waals surface area contributed by atoms with Gasteiger partial charge in [-0.15, -0.1) is 11.3 Å². The van der Waals surface area contributed by atoms with Crippen molar-refractivity contribution in [3.8, 4) is 0 Å². The van der Waals surface area contributed by atoms with E-state index in [0.717, 1.165) is 41.6 Å². The predicted octanol–water partition coefficient (Wildman–Crippen LogP) is 5.99. The number of benzene rings is 2. The van der Waals surface area contributed by atoms with E-state index in [9.17, 15) is 9.59 Å². The van der Waals surface area contributed by atoms with Crippen molar-refractivity contribution < 1.29 is 9.59 Å². The lowest BCUT2D eigenvalue weighted by atomic mass is 9.88. The van der Waals surface area contributed by atoms with Crippen LogP contribution in [0, 0.1) is 19.8 Å². The molecule has 5 heteroatoms. The monoisotopic (exact) mass is 418 g/mol. The van der Waals surface area contributed by atoms with Gasteiger partial charge in [-0.05, 0) is 80.0 Å². The molecule has 2 aromatic carbocycles. The van der Waals surface area contributed by atoms with Crippen LogP contribution >= 0.6 is 11.3 Å². The molecule has 0 saturated heterocycles. The van der Waals surface area contributed by atoms with E-state index < -0.39 is 0 Å². The van der Waals surface area contributed by atoms with Crippen molar-refractivity contribution in [1.82, 2.24) is 0 Å². The number of anilines is 2. The summed E-state index contributed by atoms with van der Waals surface area (Å²) in [7, 11) is 0. The summed E-state index contributed by atoms with van der Waals surface area (Å²) in [5.41, 5.74) is 5.27. The highest BCUT2D eigenvalue weighted by Crippen LogP contribution is 2.40. The lowest BCUT2D eigenvalue weighted by Crippen LogP contribution is -2.19. The summed E-state index contributed by atoms with van der Waals surface area (Å²) in [5, 5.41) is 6.71. The highest BCUT2D eigenvalue weighted by molar-refractivity contribution is 7.17. The molecule has 1 atom stereocenters. The standard InChI is InChI=1S/C25H26N2O2S/c1-15-9-10-20-21(14-15)30-25(27-23(28)18-7-5-4-6-8-18)22(20)24(29)26-19-12-16(2)11-17(3)13-19/h4-8,11-13,15H,9-10,14H2,1-3H3,(H,26,29)(H,27,28). The molecule has 4 nitrogen and oxygen atoms in total. The third-order valence-electron chi connectivity index (χ3n) is 5.48. The van der Waals surface area contributed by atoms with Crippen molar-refractivity contribution in [3.05, 3.63) is 81.2 Å². The highest BCUT2D eigenvalue weighted by atomic mass is 32.1. The first-order chi connectivity index (χ1) is 14.4. The number of carbonyl (C=O) groups is 2. The number of rotatable bonds is 4. The Morgan fingerprint density at radius 1 is 0.967 bits per heavy atom. The predicted molar refractivity (Wildman–Crippen MR) is 124 cm³/mol. The smallest absolute Gasteiger partial charge is 0.258 e. The molecule has 0 spiro atoms. The van der Waals surface area contributed by atoms with Crippen molar-refractivity contribution in [2.24, 2.45) is 5.92 Å². The summed E-state index contributed by atoms with van der Waals surface area (Å²) < 4.78 is 0. The van der Waals surface area contributed by atoms with Gasteiger partial charge >= 0.3 is 0 Å². The summed E-state index contributed by atoms with van der Waals surface area (Å²) in [4.78, 5) is 27.3. The Balaban J connectivity index is 1.68. The third-order valence-corrected chi connectivity index (χ3v) is 6.65.